The van der Waals surface area contributed by atoms with Gasteiger partial charge in [-0.15, -0.1) is 0 Å². The van der Waals surface area contributed by atoms with Crippen LogP contribution in [-0.4, -0.2) is 43.1 Å². The number of anilines is 1. The Labute approximate surface area is 140 Å². The first-order chi connectivity index (χ1) is 11.7. The van der Waals surface area contributed by atoms with Crippen LogP contribution in [0.1, 0.15) is 17.5 Å². The van der Waals surface area contributed by atoms with Crippen molar-refractivity contribution < 1.29 is 0 Å². The summed E-state index contributed by atoms with van der Waals surface area (Å²) in [6.07, 6.45) is 6.25. The molecule has 7 nitrogen and oxygen atoms in total. The molecule has 2 aromatic heterocycles. The first kappa shape index (κ1) is 14.9. The van der Waals surface area contributed by atoms with Gasteiger partial charge in [-0.05, 0) is 53.8 Å². The molecule has 0 aliphatic carbocycles. The van der Waals surface area contributed by atoms with E-state index in [2.05, 4.69) is 62.9 Å². The maximum absolute atomic E-state index is 4.26. The Morgan fingerprint density at radius 3 is 2.79 bits per heavy atom. The Morgan fingerprint density at radius 1 is 1.21 bits per heavy atom. The van der Waals surface area contributed by atoms with Crippen LogP contribution in [-0.2, 0) is 13.5 Å². The molecule has 1 unspecified atom stereocenters. The third-order valence-electron chi connectivity index (χ3n) is 4.58. The van der Waals surface area contributed by atoms with Crippen LogP contribution in [0.5, 0.6) is 0 Å². The molecule has 124 valence electrons. The van der Waals surface area contributed by atoms with Crippen molar-refractivity contribution in [1.82, 2.24) is 30.0 Å². The number of aryl methyl sites for hydroxylation is 2. The van der Waals surface area contributed by atoms with E-state index < -0.39 is 0 Å². The first-order valence-corrected chi connectivity index (χ1v) is 8.27. The van der Waals surface area contributed by atoms with Crippen molar-refractivity contribution in [2.75, 3.05) is 18.0 Å². The van der Waals surface area contributed by atoms with Crippen molar-refractivity contribution in [3.63, 3.8) is 0 Å². The average Bonchev–Trinajstić information content (AvgIpc) is 3.29. The highest BCUT2D eigenvalue weighted by atomic mass is 15.6. The first-order valence-electron chi connectivity index (χ1n) is 8.27. The minimum Gasteiger partial charge on any atom is -0.339 e. The number of benzene rings is 1. The Balaban J connectivity index is 1.49. The maximum atomic E-state index is 4.26. The number of aromatic nitrogens is 6. The van der Waals surface area contributed by atoms with E-state index >= 15 is 0 Å². The Kier molecular flexibility index (Phi) is 3.76. The molecule has 1 saturated heterocycles. The lowest BCUT2D eigenvalue weighted by Crippen LogP contribution is -2.24. The molecule has 3 heterocycles. The molecule has 0 saturated carbocycles. The molecule has 1 atom stereocenters. The molecule has 0 N–H and O–H groups in total. The molecule has 4 rings (SSSR count). The summed E-state index contributed by atoms with van der Waals surface area (Å²) >= 11 is 0. The topological polar surface area (TPSA) is 64.7 Å². The van der Waals surface area contributed by atoms with E-state index in [9.17, 15) is 0 Å². The highest BCUT2D eigenvalue weighted by Crippen LogP contribution is 2.25. The molecule has 3 aromatic rings. The highest BCUT2D eigenvalue weighted by Gasteiger charge is 2.27. The van der Waals surface area contributed by atoms with E-state index in [-0.39, 0.29) is 0 Å². The molecule has 0 bridgehead atoms. The molecule has 24 heavy (non-hydrogen) atoms. The highest BCUT2D eigenvalue weighted by molar-refractivity contribution is 5.42. The predicted molar refractivity (Wildman–Crippen MR) is 91.1 cm³/mol. The summed E-state index contributed by atoms with van der Waals surface area (Å²) in [5.41, 5.74) is 3.52. The van der Waals surface area contributed by atoms with Crippen molar-refractivity contribution in [2.24, 2.45) is 13.0 Å². The van der Waals surface area contributed by atoms with Crippen LogP contribution in [0.4, 0.5) is 5.95 Å². The molecule has 1 fully saturated rings. The van der Waals surface area contributed by atoms with E-state index in [0.29, 0.717) is 5.92 Å². The quantitative estimate of drug-likeness (QED) is 0.732. The molecular formula is C17H21N7. The fourth-order valence-corrected chi connectivity index (χ4v) is 3.32. The van der Waals surface area contributed by atoms with Crippen molar-refractivity contribution in [2.45, 2.75) is 19.8 Å². The van der Waals surface area contributed by atoms with Gasteiger partial charge in [0.2, 0.25) is 5.95 Å². The van der Waals surface area contributed by atoms with E-state index in [4.69, 9.17) is 0 Å². The van der Waals surface area contributed by atoms with Gasteiger partial charge in [0, 0.05) is 26.3 Å². The van der Waals surface area contributed by atoms with Crippen LogP contribution in [0.25, 0.3) is 5.69 Å². The van der Waals surface area contributed by atoms with Crippen LogP contribution in [0.2, 0.25) is 0 Å². The van der Waals surface area contributed by atoms with Gasteiger partial charge < -0.3 is 4.90 Å². The zero-order chi connectivity index (χ0) is 16.5. The second-order valence-corrected chi connectivity index (χ2v) is 6.55. The molecule has 7 heteroatoms. The van der Waals surface area contributed by atoms with Gasteiger partial charge in [-0.3, -0.25) is 4.68 Å². The summed E-state index contributed by atoms with van der Waals surface area (Å²) in [6.45, 7) is 4.03. The molecular weight excluding hydrogens is 302 g/mol. The lowest BCUT2D eigenvalue weighted by atomic mass is 10.0. The fourth-order valence-electron chi connectivity index (χ4n) is 3.32. The predicted octanol–water partition coefficient (Wildman–Crippen LogP) is 1.77. The summed E-state index contributed by atoms with van der Waals surface area (Å²) < 4.78 is 3.69. The van der Waals surface area contributed by atoms with Gasteiger partial charge in [0.1, 0.15) is 0 Å². The fraction of sp³-hybridized carbons (Fsp3) is 0.412. The van der Waals surface area contributed by atoms with Crippen molar-refractivity contribution in [1.29, 1.82) is 0 Å². The van der Waals surface area contributed by atoms with Gasteiger partial charge in [0.05, 0.1) is 11.9 Å². The van der Waals surface area contributed by atoms with Gasteiger partial charge in [0.15, 0.2) is 0 Å². The zero-order valence-electron chi connectivity index (χ0n) is 14.0. The van der Waals surface area contributed by atoms with Crippen molar-refractivity contribution >= 4 is 5.95 Å². The lowest BCUT2D eigenvalue weighted by Gasteiger charge is -2.17. The van der Waals surface area contributed by atoms with Crippen LogP contribution < -0.4 is 4.90 Å². The van der Waals surface area contributed by atoms with Gasteiger partial charge in [-0.1, -0.05) is 22.8 Å². The van der Waals surface area contributed by atoms with Crippen molar-refractivity contribution in [3.05, 3.63) is 47.8 Å². The Hall–Kier alpha value is -2.70. The maximum Gasteiger partial charge on any atom is 0.250 e. The molecule has 1 aliphatic heterocycles. The van der Waals surface area contributed by atoms with Gasteiger partial charge >= 0.3 is 0 Å². The summed E-state index contributed by atoms with van der Waals surface area (Å²) in [5.74, 6) is 1.44. The molecule has 0 radical (unpaired) electrons. The second-order valence-electron chi connectivity index (χ2n) is 6.55. The summed E-state index contributed by atoms with van der Waals surface area (Å²) in [5, 5.41) is 16.6. The number of hydrogen-bond donors (Lipinski definition) is 0. The Morgan fingerprint density at radius 2 is 2.04 bits per heavy atom. The normalized spacial score (nSPS) is 17.6. The van der Waals surface area contributed by atoms with Gasteiger partial charge in [0.25, 0.3) is 0 Å². The van der Waals surface area contributed by atoms with E-state index in [1.807, 2.05) is 22.6 Å². The third kappa shape index (κ3) is 2.89. The molecule has 0 spiro atoms. The van der Waals surface area contributed by atoms with Crippen LogP contribution in [0.3, 0.4) is 0 Å². The smallest absolute Gasteiger partial charge is 0.250 e. The molecule has 0 amide bonds. The van der Waals surface area contributed by atoms with Crippen LogP contribution >= 0.6 is 0 Å². The number of hydrogen-bond acceptors (Lipinski definition) is 5. The van der Waals surface area contributed by atoms with Crippen LogP contribution in [0, 0.1) is 12.8 Å². The van der Waals surface area contributed by atoms with Crippen LogP contribution in [0.15, 0.2) is 36.7 Å². The summed E-state index contributed by atoms with van der Waals surface area (Å²) in [4.78, 5) is 2.28. The van der Waals surface area contributed by atoms with E-state index in [1.54, 1.807) is 0 Å². The minimum atomic E-state index is 0.609. The monoisotopic (exact) mass is 323 g/mol. The van der Waals surface area contributed by atoms with Gasteiger partial charge in [-0.25, -0.2) is 0 Å². The second kappa shape index (κ2) is 6.07. The SMILES string of the molecule is Cc1ccc(-n2nnnc2N2CCC(Cc3cnn(C)c3)C2)cc1. The summed E-state index contributed by atoms with van der Waals surface area (Å²) in [6, 6.07) is 8.27. The number of rotatable bonds is 4. The summed E-state index contributed by atoms with van der Waals surface area (Å²) in [7, 11) is 1.96. The average molecular weight is 323 g/mol. The van der Waals surface area contributed by atoms with E-state index in [0.717, 1.165) is 37.6 Å². The Bertz CT molecular complexity index is 818. The number of tetrazole rings is 1. The number of nitrogens with zero attached hydrogens (tertiary/aromatic N) is 7. The van der Waals surface area contributed by atoms with E-state index in [1.165, 1.54) is 11.1 Å². The lowest BCUT2D eigenvalue weighted by molar-refractivity contribution is 0.585. The molecule has 1 aliphatic rings. The molecule has 1 aromatic carbocycles. The zero-order valence-corrected chi connectivity index (χ0v) is 14.0. The standard InChI is InChI=1S/C17H21N7/c1-13-3-5-16(6-4-13)24-17(19-20-21-24)23-8-7-14(12-23)9-15-10-18-22(2)11-15/h3-6,10-11,14H,7-9,12H2,1-2H3. The van der Waals surface area contributed by atoms with Crippen molar-refractivity contribution in [3.8, 4) is 5.69 Å². The largest absolute Gasteiger partial charge is 0.339 e. The third-order valence-corrected chi connectivity index (χ3v) is 4.58. The minimum absolute atomic E-state index is 0.609. The van der Waals surface area contributed by atoms with Gasteiger partial charge in [-0.2, -0.15) is 9.78 Å².